The first kappa shape index (κ1) is 23.4. The van der Waals surface area contributed by atoms with Gasteiger partial charge in [-0.05, 0) is 42.5 Å². The summed E-state index contributed by atoms with van der Waals surface area (Å²) in [4.78, 5) is 10.6. The number of benzene rings is 4. The zero-order chi connectivity index (χ0) is 25.2. The van der Waals surface area contributed by atoms with E-state index in [-0.39, 0.29) is 24.1 Å². The Morgan fingerprint density at radius 2 is 1.03 bits per heavy atom. The predicted molar refractivity (Wildman–Crippen MR) is 151 cm³/mol. The van der Waals surface area contributed by atoms with Crippen LogP contribution in [0.25, 0.3) is 0 Å². The van der Waals surface area contributed by atoms with Crippen molar-refractivity contribution in [2.75, 3.05) is 0 Å². The molecule has 0 radical (unpaired) electrons. The van der Waals surface area contributed by atoms with Crippen molar-refractivity contribution in [2.45, 2.75) is 44.4 Å². The molecule has 2 heterocycles. The van der Waals surface area contributed by atoms with Crippen LogP contribution < -0.4 is 0 Å². The van der Waals surface area contributed by atoms with Crippen LogP contribution in [0.3, 0.4) is 0 Å². The minimum atomic E-state index is -0.423. The van der Waals surface area contributed by atoms with E-state index in [0.29, 0.717) is 0 Å². The van der Waals surface area contributed by atoms with Crippen LogP contribution in [0.4, 0.5) is 0 Å². The summed E-state index contributed by atoms with van der Waals surface area (Å²) in [5, 5.41) is 0. The molecule has 3 nitrogen and oxygen atoms in total. The maximum atomic E-state index is 6.74. The summed E-state index contributed by atoms with van der Waals surface area (Å²) in [6.07, 6.45) is 0.722. The molecule has 37 heavy (non-hydrogen) atoms. The van der Waals surface area contributed by atoms with Crippen LogP contribution >= 0.6 is 0 Å². The summed E-state index contributed by atoms with van der Waals surface area (Å²) >= 11 is 0. The van der Waals surface area contributed by atoms with Gasteiger partial charge in [0, 0.05) is 11.6 Å². The van der Waals surface area contributed by atoms with E-state index in [9.17, 15) is 0 Å². The number of hydrogen-bond acceptors (Lipinski definition) is 3. The fourth-order valence-corrected chi connectivity index (χ4v) is 5.64. The molecule has 0 aliphatic carbocycles. The Morgan fingerprint density at radius 1 is 0.568 bits per heavy atom. The lowest BCUT2D eigenvalue weighted by molar-refractivity contribution is 0.182. The van der Waals surface area contributed by atoms with Gasteiger partial charge in [-0.1, -0.05) is 121 Å². The Morgan fingerprint density at radius 3 is 1.57 bits per heavy atom. The van der Waals surface area contributed by atoms with Crippen LogP contribution in [0.15, 0.2) is 131 Å². The first-order valence-electron chi connectivity index (χ1n) is 13.1. The highest BCUT2D eigenvalue weighted by Gasteiger charge is 2.46. The number of aliphatic imine (C=N–C) groups is 2. The zero-order valence-corrected chi connectivity index (χ0v) is 21.4. The van der Waals surface area contributed by atoms with E-state index >= 15 is 0 Å². The minimum Gasteiger partial charge on any atom is -0.469 e. The Kier molecular flexibility index (Phi) is 6.21. The van der Waals surface area contributed by atoms with Gasteiger partial charge in [0.1, 0.15) is 6.04 Å². The Bertz CT molecular complexity index is 1290. The molecule has 4 aromatic carbocycles. The van der Waals surface area contributed by atoms with E-state index in [1.807, 2.05) is 12.1 Å². The molecular formula is C34H32N2O. The molecule has 0 bridgehead atoms. The van der Waals surface area contributed by atoms with Crippen molar-refractivity contribution in [3.63, 3.8) is 0 Å². The first-order valence-corrected chi connectivity index (χ1v) is 13.1. The Balaban J connectivity index is 1.37. The van der Waals surface area contributed by atoms with Gasteiger partial charge in [-0.2, -0.15) is 0 Å². The summed E-state index contributed by atoms with van der Waals surface area (Å²) in [6, 6.07) is 42.4. The molecule has 6 rings (SSSR count). The number of rotatable bonds is 6. The molecule has 0 fully saturated rings. The van der Waals surface area contributed by atoms with Gasteiger partial charge >= 0.3 is 0 Å². The molecule has 4 aromatic rings. The van der Waals surface area contributed by atoms with Crippen LogP contribution in [-0.4, -0.2) is 11.6 Å². The third-order valence-corrected chi connectivity index (χ3v) is 7.77. The predicted octanol–water partition coefficient (Wildman–Crippen LogP) is 8.29. The fourth-order valence-electron chi connectivity index (χ4n) is 5.64. The Labute approximate surface area is 219 Å². The van der Waals surface area contributed by atoms with Gasteiger partial charge < -0.3 is 4.74 Å². The van der Waals surface area contributed by atoms with Crippen molar-refractivity contribution in [1.29, 1.82) is 0 Å². The highest BCUT2D eigenvalue weighted by Crippen LogP contribution is 2.48. The number of nitrogens with zero attached hydrogens (tertiary/aromatic N) is 2. The van der Waals surface area contributed by atoms with E-state index in [4.69, 9.17) is 14.7 Å². The van der Waals surface area contributed by atoms with Crippen LogP contribution in [0.2, 0.25) is 0 Å². The second kappa shape index (κ2) is 9.82. The lowest BCUT2D eigenvalue weighted by atomic mass is 9.80. The molecule has 0 saturated carbocycles. The molecule has 4 atom stereocenters. The molecule has 0 aromatic heterocycles. The molecule has 0 unspecified atom stereocenters. The van der Waals surface area contributed by atoms with Crippen LogP contribution in [0.1, 0.15) is 66.6 Å². The average molecular weight is 485 g/mol. The van der Waals surface area contributed by atoms with Crippen molar-refractivity contribution in [3.8, 4) is 0 Å². The molecule has 0 amide bonds. The van der Waals surface area contributed by atoms with Crippen molar-refractivity contribution in [3.05, 3.63) is 144 Å². The second-order valence-electron chi connectivity index (χ2n) is 10.5. The SMILES string of the molecule is CC(C)(C1=N[C@H](c2ccccc2)[C@@H](c2ccccc2)C1)C1=N[C@H](c2ccccc2)[C@@H](c2ccccc2)O1. The summed E-state index contributed by atoms with van der Waals surface area (Å²) < 4.78 is 6.74. The van der Waals surface area contributed by atoms with Gasteiger partial charge in [-0.25, -0.2) is 4.99 Å². The molecule has 3 heteroatoms. The smallest absolute Gasteiger partial charge is 0.196 e. The van der Waals surface area contributed by atoms with Crippen molar-refractivity contribution in [1.82, 2.24) is 0 Å². The summed E-state index contributed by atoms with van der Waals surface area (Å²) in [5.74, 6) is 1.06. The molecule has 2 aliphatic heterocycles. The van der Waals surface area contributed by atoms with Crippen molar-refractivity contribution >= 4 is 11.6 Å². The third-order valence-electron chi connectivity index (χ3n) is 7.77. The zero-order valence-electron chi connectivity index (χ0n) is 21.4. The summed E-state index contributed by atoms with van der Waals surface area (Å²) in [6.45, 7) is 4.44. The number of ether oxygens (including phenoxy) is 1. The summed E-state index contributed by atoms with van der Waals surface area (Å²) in [5.41, 5.74) is 5.61. The lowest BCUT2D eigenvalue weighted by Crippen LogP contribution is -2.33. The van der Waals surface area contributed by atoms with E-state index in [0.717, 1.165) is 23.6 Å². The molecule has 0 saturated heterocycles. The highest BCUT2D eigenvalue weighted by atomic mass is 16.5. The maximum absolute atomic E-state index is 6.74. The minimum absolute atomic E-state index is 0.0784. The third kappa shape index (κ3) is 4.51. The van der Waals surface area contributed by atoms with E-state index < -0.39 is 5.41 Å². The van der Waals surface area contributed by atoms with Gasteiger partial charge in [-0.3, -0.25) is 4.99 Å². The van der Waals surface area contributed by atoms with Gasteiger partial charge in [-0.15, -0.1) is 0 Å². The molecular weight excluding hydrogens is 452 g/mol. The van der Waals surface area contributed by atoms with Crippen molar-refractivity contribution in [2.24, 2.45) is 15.4 Å². The van der Waals surface area contributed by atoms with E-state index in [1.165, 1.54) is 16.7 Å². The van der Waals surface area contributed by atoms with Crippen LogP contribution in [0, 0.1) is 5.41 Å². The quantitative estimate of drug-likeness (QED) is 0.271. The fraction of sp³-hybridized carbons (Fsp3) is 0.235. The van der Waals surface area contributed by atoms with E-state index in [1.54, 1.807) is 0 Å². The Hall–Kier alpha value is -3.98. The summed E-state index contributed by atoms with van der Waals surface area (Å²) in [7, 11) is 0. The van der Waals surface area contributed by atoms with Crippen molar-refractivity contribution < 1.29 is 4.74 Å². The molecule has 0 spiro atoms. The standard InChI is InChI=1S/C34H32N2O/c1-34(2,29-23-28(24-15-7-3-8-16-24)30(35-29)25-17-9-4-10-18-25)33-36-31(26-19-11-5-12-20-26)32(37-33)27-21-13-6-14-22-27/h3-22,28,30-32H,23H2,1-2H3/t28-,30-,31-,32-/m1/s1. The highest BCUT2D eigenvalue weighted by molar-refractivity contribution is 6.09. The van der Waals surface area contributed by atoms with Gasteiger partial charge in [0.05, 0.1) is 11.5 Å². The molecule has 0 N–H and O–H groups in total. The first-order chi connectivity index (χ1) is 18.1. The van der Waals surface area contributed by atoms with Gasteiger partial charge in [0.25, 0.3) is 0 Å². The van der Waals surface area contributed by atoms with Gasteiger partial charge in [0.2, 0.25) is 0 Å². The van der Waals surface area contributed by atoms with Crippen LogP contribution in [-0.2, 0) is 4.74 Å². The van der Waals surface area contributed by atoms with Crippen LogP contribution in [0.5, 0.6) is 0 Å². The largest absolute Gasteiger partial charge is 0.469 e. The normalized spacial score (nSPS) is 23.3. The average Bonchev–Trinajstić information content (AvgIpc) is 3.62. The van der Waals surface area contributed by atoms with Gasteiger partial charge in [0.15, 0.2) is 12.0 Å². The van der Waals surface area contributed by atoms with E-state index in [2.05, 4.69) is 123 Å². The lowest BCUT2D eigenvalue weighted by Gasteiger charge is -2.26. The maximum Gasteiger partial charge on any atom is 0.196 e. The monoisotopic (exact) mass is 484 g/mol. The number of hydrogen-bond donors (Lipinski definition) is 0. The topological polar surface area (TPSA) is 34.0 Å². The molecule has 2 aliphatic rings. The second-order valence-corrected chi connectivity index (χ2v) is 10.5. The molecule has 184 valence electrons.